The van der Waals surface area contributed by atoms with Crippen molar-refractivity contribution in [1.82, 2.24) is 15.3 Å². The minimum atomic E-state index is 0.00965. The number of aryl methyl sites for hydroxylation is 1. The summed E-state index contributed by atoms with van der Waals surface area (Å²) in [4.78, 5) is 18.8. The molecule has 0 spiro atoms. The monoisotopic (exact) mass is 273 g/mol. The highest BCUT2D eigenvalue weighted by atomic mass is 16.5. The van der Waals surface area contributed by atoms with Crippen LogP contribution in [0.4, 0.5) is 0 Å². The second-order valence-electron chi connectivity index (χ2n) is 4.66. The van der Waals surface area contributed by atoms with Crippen LogP contribution in [0.3, 0.4) is 0 Å². The van der Waals surface area contributed by atoms with Gasteiger partial charge in [0.05, 0.1) is 19.9 Å². The van der Waals surface area contributed by atoms with Gasteiger partial charge in [0.2, 0.25) is 5.91 Å². The number of carbonyl (C=O) groups excluding carboxylic acids is 1. The summed E-state index contributed by atoms with van der Waals surface area (Å²) in [5, 5.41) is 2.89. The molecule has 0 atom stereocenters. The molecule has 2 aromatic rings. The molecule has 2 rings (SSSR count). The number of ether oxygens (including phenoxy) is 1. The van der Waals surface area contributed by atoms with Gasteiger partial charge in [0.1, 0.15) is 5.75 Å². The first-order valence-corrected chi connectivity index (χ1v) is 6.56. The number of aromatic amines is 1. The molecule has 0 bridgehead atoms. The molecule has 0 unspecified atom stereocenters. The molecule has 1 amide bonds. The summed E-state index contributed by atoms with van der Waals surface area (Å²) in [7, 11) is 1.64. The standard InChI is InChI=1S/C15H19N3O2/c1-11-3-4-12(7-14(11)20-2)8-15(19)17-6-5-13-9-16-10-18-13/h3-4,7,9-10H,5-6,8H2,1-2H3,(H,16,18)(H,17,19). The number of H-pyrrole nitrogens is 1. The lowest BCUT2D eigenvalue weighted by Gasteiger charge is -2.08. The first-order chi connectivity index (χ1) is 9.69. The van der Waals surface area contributed by atoms with Gasteiger partial charge in [-0.3, -0.25) is 4.79 Å². The van der Waals surface area contributed by atoms with Gasteiger partial charge in [0, 0.05) is 24.9 Å². The number of hydrogen-bond donors (Lipinski definition) is 2. The largest absolute Gasteiger partial charge is 0.496 e. The number of aromatic nitrogens is 2. The molecule has 0 saturated carbocycles. The van der Waals surface area contributed by atoms with Crippen molar-refractivity contribution in [2.75, 3.05) is 13.7 Å². The van der Waals surface area contributed by atoms with Crippen molar-refractivity contribution >= 4 is 5.91 Å². The maximum absolute atomic E-state index is 11.8. The van der Waals surface area contributed by atoms with Crippen LogP contribution in [0.2, 0.25) is 0 Å². The zero-order valence-corrected chi connectivity index (χ0v) is 11.8. The van der Waals surface area contributed by atoms with E-state index in [-0.39, 0.29) is 5.91 Å². The second kappa shape index (κ2) is 6.75. The molecule has 0 fully saturated rings. The van der Waals surface area contributed by atoms with Crippen molar-refractivity contribution in [2.45, 2.75) is 19.8 Å². The van der Waals surface area contributed by atoms with E-state index in [1.165, 1.54) is 0 Å². The lowest BCUT2D eigenvalue weighted by molar-refractivity contribution is -0.120. The lowest BCUT2D eigenvalue weighted by atomic mass is 10.1. The Hall–Kier alpha value is -2.30. The molecular weight excluding hydrogens is 254 g/mol. The SMILES string of the molecule is COc1cc(CC(=O)NCCc2cnc[nH]2)ccc1C. The quantitative estimate of drug-likeness (QED) is 0.840. The number of amides is 1. The molecule has 0 radical (unpaired) electrons. The maximum Gasteiger partial charge on any atom is 0.224 e. The summed E-state index contributed by atoms with van der Waals surface area (Å²) in [6.45, 7) is 2.58. The predicted octanol–water partition coefficient (Wildman–Crippen LogP) is 1.63. The van der Waals surface area contributed by atoms with Crippen molar-refractivity contribution in [1.29, 1.82) is 0 Å². The highest BCUT2D eigenvalue weighted by Crippen LogP contribution is 2.19. The second-order valence-corrected chi connectivity index (χ2v) is 4.66. The average Bonchev–Trinajstić information content (AvgIpc) is 2.94. The van der Waals surface area contributed by atoms with Gasteiger partial charge in [-0.05, 0) is 24.1 Å². The fraction of sp³-hybridized carbons (Fsp3) is 0.333. The van der Waals surface area contributed by atoms with Crippen LogP contribution in [-0.2, 0) is 17.6 Å². The normalized spacial score (nSPS) is 10.3. The number of nitrogens with one attached hydrogen (secondary N) is 2. The Morgan fingerprint density at radius 1 is 1.45 bits per heavy atom. The van der Waals surface area contributed by atoms with Gasteiger partial charge in [-0.2, -0.15) is 0 Å². The molecule has 106 valence electrons. The molecule has 0 saturated heterocycles. The van der Waals surface area contributed by atoms with Crippen molar-refractivity contribution in [3.05, 3.63) is 47.5 Å². The van der Waals surface area contributed by atoms with Gasteiger partial charge >= 0.3 is 0 Å². The van der Waals surface area contributed by atoms with E-state index >= 15 is 0 Å². The Morgan fingerprint density at radius 3 is 3.00 bits per heavy atom. The van der Waals surface area contributed by atoms with Gasteiger partial charge in [-0.1, -0.05) is 12.1 Å². The highest BCUT2D eigenvalue weighted by molar-refractivity contribution is 5.78. The number of benzene rings is 1. The highest BCUT2D eigenvalue weighted by Gasteiger charge is 2.06. The fourth-order valence-corrected chi connectivity index (χ4v) is 1.98. The van der Waals surface area contributed by atoms with Crippen LogP contribution in [0.1, 0.15) is 16.8 Å². The van der Waals surface area contributed by atoms with Gasteiger partial charge in [-0.25, -0.2) is 4.98 Å². The topological polar surface area (TPSA) is 67.0 Å². The molecule has 1 heterocycles. The molecule has 5 nitrogen and oxygen atoms in total. The molecule has 2 N–H and O–H groups in total. The number of nitrogens with zero attached hydrogens (tertiary/aromatic N) is 1. The first-order valence-electron chi connectivity index (χ1n) is 6.56. The Morgan fingerprint density at radius 2 is 2.30 bits per heavy atom. The summed E-state index contributed by atoms with van der Waals surface area (Å²) < 4.78 is 5.25. The Kier molecular flexibility index (Phi) is 4.76. The molecule has 0 aliphatic rings. The third-order valence-corrected chi connectivity index (χ3v) is 3.11. The van der Waals surface area contributed by atoms with Gasteiger partial charge in [0.25, 0.3) is 0 Å². The van der Waals surface area contributed by atoms with E-state index in [0.29, 0.717) is 13.0 Å². The number of rotatable bonds is 6. The van der Waals surface area contributed by atoms with Crippen LogP contribution in [0.15, 0.2) is 30.7 Å². The number of imidazole rings is 1. The van der Waals surface area contributed by atoms with Crippen LogP contribution in [0, 0.1) is 6.92 Å². The molecular formula is C15H19N3O2. The molecule has 5 heteroatoms. The predicted molar refractivity (Wildman–Crippen MR) is 76.7 cm³/mol. The third kappa shape index (κ3) is 3.85. The van der Waals surface area contributed by atoms with E-state index in [2.05, 4.69) is 15.3 Å². The van der Waals surface area contributed by atoms with E-state index < -0.39 is 0 Å². The first kappa shape index (κ1) is 14.1. The van der Waals surface area contributed by atoms with Crippen LogP contribution in [0.25, 0.3) is 0 Å². The van der Waals surface area contributed by atoms with Gasteiger partial charge in [-0.15, -0.1) is 0 Å². The van der Waals surface area contributed by atoms with Crippen molar-refractivity contribution < 1.29 is 9.53 Å². The van der Waals surface area contributed by atoms with E-state index in [1.54, 1.807) is 19.6 Å². The third-order valence-electron chi connectivity index (χ3n) is 3.11. The summed E-state index contributed by atoms with van der Waals surface area (Å²) in [6, 6.07) is 5.82. The van der Waals surface area contributed by atoms with Crippen LogP contribution in [-0.4, -0.2) is 29.5 Å². The minimum absolute atomic E-state index is 0.00965. The van der Waals surface area contributed by atoms with E-state index in [9.17, 15) is 4.79 Å². The Bertz CT molecular complexity index is 565. The summed E-state index contributed by atoms with van der Waals surface area (Å²) >= 11 is 0. The molecule has 0 aliphatic heterocycles. The van der Waals surface area contributed by atoms with Crippen LogP contribution in [0.5, 0.6) is 5.75 Å². The van der Waals surface area contributed by atoms with Gasteiger partial charge in [0.15, 0.2) is 0 Å². The average molecular weight is 273 g/mol. The fourth-order valence-electron chi connectivity index (χ4n) is 1.98. The zero-order chi connectivity index (χ0) is 14.4. The van der Waals surface area contributed by atoms with E-state index in [1.807, 2.05) is 25.1 Å². The van der Waals surface area contributed by atoms with E-state index in [0.717, 1.165) is 29.0 Å². The summed E-state index contributed by atoms with van der Waals surface area (Å²) in [5.74, 6) is 0.822. The number of methoxy groups -OCH3 is 1. The number of hydrogen-bond acceptors (Lipinski definition) is 3. The maximum atomic E-state index is 11.8. The van der Waals surface area contributed by atoms with Crippen molar-refractivity contribution in [3.8, 4) is 5.75 Å². The lowest BCUT2D eigenvalue weighted by Crippen LogP contribution is -2.27. The minimum Gasteiger partial charge on any atom is -0.496 e. The van der Waals surface area contributed by atoms with Crippen LogP contribution < -0.4 is 10.1 Å². The Labute approximate surface area is 118 Å². The molecule has 1 aromatic heterocycles. The molecule has 1 aromatic carbocycles. The zero-order valence-electron chi connectivity index (χ0n) is 11.8. The van der Waals surface area contributed by atoms with Gasteiger partial charge < -0.3 is 15.0 Å². The van der Waals surface area contributed by atoms with Crippen LogP contribution >= 0.6 is 0 Å². The van der Waals surface area contributed by atoms with Crippen molar-refractivity contribution in [3.63, 3.8) is 0 Å². The summed E-state index contributed by atoms with van der Waals surface area (Å²) in [6.07, 6.45) is 4.51. The molecule has 0 aliphatic carbocycles. The number of carbonyl (C=O) groups is 1. The Balaban J connectivity index is 1.82. The van der Waals surface area contributed by atoms with E-state index in [4.69, 9.17) is 4.74 Å². The van der Waals surface area contributed by atoms with Crippen molar-refractivity contribution in [2.24, 2.45) is 0 Å². The smallest absolute Gasteiger partial charge is 0.224 e. The molecule has 20 heavy (non-hydrogen) atoms. The summed E-state index contributed by atoms with van der Waals surface area (Å²) in [5.41, 5.74) is 3.03.